The molecule has 0 N–H and O–H groups in total. The summed E-state index contributed by atoms with van der Waals surface area (Å²) in [5, 5.41) is 0. The summed E-state index contributed by atoms with van der Waals surface area (Å²) < 4.78 is 0. The summed E-state index contributed by atoms with van der Waals surface area (Å²) in [7, 11) is 3.04. The summed E-state index contributed by atoms with van der Waals surface area (Å²) in [6, 6.07) is 0. The highest BCUT2D eigenvalue weighted by Gasteiger charge is 2.27. The van der Waals surface area contributed by atoms with E-state index in [1.165, 1.54) is 19.3 Å². The van der Waals surface area contributed by atoms with Crippen molar-refractivity contribution in [3.8, 4) is 0 Å². The van der Waals surface area contributed by atoms with Crippen LogP contribution in [0.25, 0.3) is 0 Å². The Morgan fingerprint density at radius 3 is 2.36 bits per heavy atom. The van der Waals surface area contributed by atoms with Crippen LogP contribution in [0.15, 0.2) is 0 Å². The van der Waals surface area contributed by atoms with Crippen LogP contribution in [0.5, 0.6) is 0 Å². The van der Waals surface area contributed by atoms with Gasteiger partial charge >= 0.3 is 0 Å². The van der Waals surface area contributed by atoms with E-state index in [2.05, 4.69) is 30.0 Å². The van der Waals surface area contributed by atoms with Crippen LogP contribution >= 0.6 is 9.24 Å². The molecule has 1 aliphatic rings. The van der Waals surface area contributed by atoms with E-state index in [0.29, 0.717) is 0 Å². The average molecular weight is 172 g/mol. The van der Waals surface area contributed by atoms with Gasteiger partial charge in [0, 0.05) is 0 Å². The van der Waals surface area contributed by atoms with Crippen molar-refractivity contribution in [2.75, 3.05) is 0 Å². The first-order valence-electron chi connectivity index (χ1n) is 4.87. The van der Waals surface area contributed by atoms with E-state index in [9.17, 15) is 0 Å². The van der Waals surface area contributed by atoms with E-state index in [0.717, 1.165) is 23.4 Å². The fourth-order valence-corrected chi connectivity index (χ4v) is 3.38. The highest BCUT2D eigenvalue weighted by atomic mass is 31.0. The van der Waals surface area contributed by atoms with Crippen molar-refractivity contribution >= 4 is 9.24 Å². The molecule has 0 aromatic carbocycles. The maximum atomic E-state index is 3.04. The van der Waals surface area contributed by atoms with Gasteiger partial charge in [-0.2, -0.15) is 0 Å². The van der Waals surface area contributed by atoms with Crippen LogP contribution in [0.4, 0.5) is 0 Å². The van der Waals surface area contributed by atoms with Crippen LogP contribution in [-0.4, -0.2) is 5.66 Å². The Bertz CT molecular complexity index is 120. The maximum absolute atomic E-state index is 3.04. The van der Waals surface area contributed by atoms with Gasteiger partial charge in [0.1, 0.15) is 0 Å². The van der Waals surface area contributed by atoms with Gasteiger partial charge in [0.05, 0.1) is 0 Å². The minimum Gasteiger partial charge on any atom is -0.134 e. The second-order valence-corrected chi connectivity index (χ2v) is 5.35. The third kappa shape index (κ3) is 2.44. The first-order valence-corrected chi connectivity index (χ1v) is 5.53. The fourth-order valence-electron chi connectivity index (χ4n) is 2.28. The molecule has 0 radical (unpaired) electrons. The van der Waals surface area contributed by atoms with Crippen molar-refractivity contribution in [1.82, 2.24) is 0 Å². The molecular formula is C10H21P. The largest absolute Gasteiger partial charge is 0.134 e. The summed E-state index contributed by atoms with van der Waals surface area (Å²) in [5.74, 6) is 2.81. The lowest BCUT2D eigenvalue weighted by atomic mass is 9.77. The van der Waals surface area contributed by atoms with Gasteiger partial charge in [-0.25, -0.2) is 0 Å². The molecule has 1 rings (SSSR count). The Morgan fingerprint density at radius 1 is 1.27 bits per heavy atom. The van der Waals surface area contributed by atoms with E-state index in [4.69, 9.17) is 0 Å². The molecule has 0 amide bonds. The first-order chi connectivity index (χ1) is 5.11. The van der Waals surface area contributed by atoms with Gasteiger partial charge < -0.3 is 0 Å². The van der Waals surface area contributed by atoms with Crippen LogP contribution in [0.3, 0.4) is 0 Å². The Balaban J connectivity index is 2.44. The molecular weight excluding hydrogens is 151 g/mol. The third-order valence-corrected chi connectivity index (χ3v) is 3.84. The molecule has 1 saturated carbocycles. The van der Waals surface area contributed by atoms with E-state index >= 15 is 0 Å². The minimum atomic E-state index is 0.880. The Labute approximate surface area is 73.3 Å². The van der Waals surface area contributed by atoms with Crippen LogP contribution in [0.1, 0.15) is 40.0 Å². The molecule has 1 aliphatic carbocycles. The van der Waals surface area contributed by atoms with E-state index in [-0.39, 0.29) is 0 Å². The van der Waals surface area contributed by atoms with Crippen LogP contribution in [0.2, 0.25) is 0 Å². The molecule has 66 valence electrons. The topological polar surface area (TPSA) is 0 Å². The van der Waals surface area contributed by atoms with Crippen molar-refractivity contribution in [2.24, 2.45) is 17.8 Å². The molecule has 1 heteroatoms. The number of hydrogen-bond donors (Lipinski definition) is 0. The molecule has 0 nitrogen and oxygen atoms in total. The number of rotatable bonds is 1. The van der Waals surface area contributed by atoms with Gasteiger partial charge in [-0.15, -0.1) is 9.24 Å². The Kier molecular flexibility index (Phi) is 3.37. The quantitative estimate of drug-likeness (QED) is 0.532. The molecule has 0 saturated heterocycles. The lowest BCUT2D eigenvalue weighted by Gasteiger charge is -2.34. The fraction of sp³-hybridized carbons (Fsp3) is 1.00. The maximum Gasteiger partial charge on any atom is -0.0231 e. The van der Waals surface area contributed by atoms with E-state index in [1.54, 1.807) is 0 Å². The smallest absolute Gasteiger partial charge is 0.0231 e. The van der Waals surface area contributed by atoms with Crippen molar-refractivity contribution in [1.29, 1.82) is 0 Å². The molecule has 0 aliphatic heterocycles. The summed E-state index contributed by atoms with van der Waals surface area (Å²) in [6.07, 6.45) is 4.33. The second kappa shape index (κ2) is 3.90. The molecule has 1 fully saturated rings. The van der Waals surface area contributed by atoms with Gasteiger partial charge in [-0.05, 0) is 36.3 Å². The lowest BCUT2D eigenvalue weighted by molar-refractivity contribution is 0.244. The molecule has 0 spiro atoms. The van der Waals surface area contributed by atoms with Gasteiger partial charge in [0.25, 0.3) is 0 Å². The van der Waals surface area contributed by atoms with Crippen molar-refractivity contribution in [3.05, 3.63) is 0 Å². The van der Waals surface area contributed by atoms with Crippen LogP contribution < -0.4 is 0 Å². The zero-order valence-corrected chi connectivity index (χ0v) is 9.16. The summed E-state index contributed by atoms with van der Waals surface area (Å²) in [6.45, 7) is 7.10. The molecule has 4 atom stereocenters. The summed E-state index contributed by atoms with van der Waals surface area (Å²) >= 11 is 0. The second-order valence-electron chi connectivity index (χ2n) is 4.49. The van der Waals surface area contributed by atoms with Crippen molar-refractivity contribution in [3.63, 3.8) is 0 Å². The Morgan fingerprint density at radius 2 is 1.91 bits per heavy atom. The van der Waals surface area contributed by atoms with Gasteiger partial charge in [0.2, 0.25) is 0 Å². The monoisotopic (exact) mass is 172 g/mol. The molecule has 0 aromatic rings. The van der Waals surface area contributed by atoms with Crippen LogP contribution in [-0.2, 0) is 0 Å². The summed E-state index contributed by atoms with van der Waals surface area (Å²) in [4.78, 5) is 0. The summed E-state index contributed by atoms with van der Waals surface area (Å²) in [5.41, 5.74) is 0.888. The zero-order chi connectivity index (χ0) is 8.43. The molecule has 1 unspecified atom stereocenters. The van der Waals surface area contributed by atoms with Gasteiger partial charge in [-0.1, -0.05) is 27.2 Å². The number of hydrogen-bond acceptors (Lipinski definition) is 0. The predicted molar refractivity (Wildman–Crippen MR) is 54.8 cm³/mol. The molecule has 0 heterocycles. The van der Waals surface area contributed by atoms with Crippen molar-refractivity contribution < 1.29 is 0 Å². The van der Waals surface area contributed by atoms with Crippen molar-refractivity contribution in [2.45, 2.75) is 45.7 Å². The van der Waals surface area contributed by atoms with E-state index in [1.807, 2.05) is 0 Å². The Hall–Kier alpha value is 0.430. The molecule has 0 bridgehead atoms. The van der Waals surface area contributed by atoms with Gasteiger partial charge in [0.15, 0.2) is 0 Å². The highest BCUT2D eigenvalue weighted by Crippen LogP contribution is 2.37. The molecule has 11 heavy (non-hydrogen) atoms. The normalized spacial score (nSPS) is 39.5. The third-order valence-electron chi connectivity index (χ3n) is 3.07. The standard InChI is InChI=1S/C10H21P/c1-7(2)9-5-4-8(3)6-10(9)11/h7-10H,4-6,11H2,1-3H3/t8-,9+,10-/m1/s1. The van der Waals surface area contributed by atoms with Crippen LogP contribution in [0, 0.1) is 17.8 Å². The average Bonchev–Trinajstić information content (AvgIpc) is 1.85. The van der Waals surface area contributed by atoms with Gasteiger partial charge in [-0.3, -0.25) is 0 Å². The SMILES string of the molecule is CC(C)[C@@H]1CC[C@@H](C)C[C@H]1P. The zero-order valence-electron chi connectivity index (χ0n) is 8.01. The first kappa shape index (κ1) is 9.52. The molecule has 0 aromatic heterocycles. The highest BCUT2D eigenvalue weighted by molar-refractivity contribution is 7.17. The van der Waals surface area contributed by atoms with E-state index < -0.39 is 0 Å². The lowest BCUT2D eigenvalue weighted by Crippen LogP contribution is -2.27. The minimum absolute atomic E-state index is 0.880. The predicted octanol–water partition coefficient (Wildman–Crippen LogP) is 3.32.